The van der Waals surface area contributed by atoms with Crippen molar-refractivity contribution in [2.75, 3.05) is 12.4 Å². The molecule has 0 amide bonds. The molecule has 96 valence electrons. The van der Waals surface area contributed by atoms with E-state index in [0.29, 0.717) is 17.0 Å². The largest absolute Gasteiger partial charge is 0.497 e. The van der Waals surface area contributed by atoms with Gasteiger partial charge in [-0.2, -0.15) is 0 Å². The van der Waals surface area contributed by atoms with Crippen molar-refractivity contribution in [2.24, 2.45) is 0 Å². The lowest BCUT2D eigenvalue weighted by molar-refractivity contribution is 0.415. The number of hydrogen-bond donors (Lipinski definition) is 2. The van der Waals surface area contributed by atoms with Crippen LogP contribution in [0.3, 0.4) is 0 Å². The highest BCUT2D eigenvalue weighted by molar-refractivity contribution is 5.85. The molecule has 6 nitrogen and oxygen atoms in total. The predicted molar refractivity (Wildman–Crippen MR) is 72.7 cm³/mol. The van der Waals surface area contributed by atoms with E-state index in [2.05, 4.69) is 25.3 Å². The maximum atomic E-state index is 5.23. The third kappa shape index (κ3) is 2.08. The highest BCUT2D eigenvalue weighted by atomic mass is 16.5. The Kier molecular flexibility index (Phi) is 2.75. The first kappa shape index (κ1) is 11.5. The molecule has 3 rings (SSSR count). The Hall–Kier alpha value is -2.63. The van der Waals surface area contributed by atoms with E-state index >= 15 is 0 Å². The van der Waals surface area contributed by atoms with Crippen LogP contribution < -0.4 is 10.1 Å². The van der Waals surface area contributed by atoms with Crippen molar-refractivity contribution < 1.29 is 4.74 Å². The molecule has 2 aromatic heterocycles. The summed E-state index contributed by atoms with van der Waals surface area (Å²) in [7, 11) is 1.64. The maximum absolute atomic E-state index is 5.23. The van der Waals surface area contributed by atoms with Crippen molar-refractivity contribution in [3.8, 4) is 5.75 Å². The zero-order valence-electron chi connectivity index (χ0n) is 10.6. The molecule has 0 fully saturated rings. The van der Waals surface area contributed by atoms with Crippen LogP contribution in [0.5, 0.6) is 5.75 Å². The third-order valence-corrected chi connectivity index (χ3v) is 2.92. The minimum Gasteiger partial charge on any atom is -0.497 e. The number of aromatic nitrogens is 4. The first-order valence-electron chi connectivity index (χ1n) is 5.83. The van der Waals surface area contributed by atoms with Gasteiger partial charge < -0.3 is 15.0 Å². The van der Waals surface area contributed by atoms with Crippen molar-refractivity contribution in [3.63, 3.8) is 0 Å². The Balaban J connectivity index is 2.03. The monoisotopic (exact) mass is 255 g/mol. The van der Waals surface area contributed by atoms with Gasteiger partial charge in [0.25, 0.3) is 0 Å². The summed E-state index contributed by atoms with van der Waals surface area (Å²) >= 11 is 0. The zero-order valence-corrected chi connectivity index (χ0v) is 10.6. The molecule has 2 heterocycles. The van der Waals surface area contributed by atoms with Crippen molar-refractivity contribution >= 4 is 22.7 Å². The molecule has 19 heavy (non-hydrogen) atoms. The number of H-pyrrole nitrogens is 1. The van der Waals surface area contributed by atoms with Gasteiger partial charge in [0.1, 0.15) is 12.1 Å². The minimum atomic E-state index is 0.669. The molecule has 0 atom stereocenters. The second kappa shape index (κ2) is 4.56. The lowest BCUT2D eigenvalue weighted by Gasteiger charge is -2.10. The molecule has 0 aliphatic carbocycles. The average Bonchev–Trinajstić information content (AvgIpc) is 2.90. The summed E-state index contributed by atoms with van der Waals surface area (Å²) in [6.07, 6.45) is 3.10. The highest BCUT2D eigenvalue weighted by Gasteiger charge is 2.08. The van der Waals surface area contributed by atoms with Crippen LogP contribution in [0.25, 0.3) is 11.2 Å². The summed E-state index contributed by atoms with van der Waals surface area (Å²) in [5.41, 5.74) is 3.45. The smallest absolute Gasteiger partial charge is 0.162 e. The molecule has 0 saturated heterocycles. The molecule has 0 aliphatic heterocycles. The number of rotatable bonds is 3. The van der Waals surface area contributed by atoms with Crippen LogP contribution >= 0.6 is 0 Å². The normalized spacial score (nSPS) is 10.6. The zero-order chi connectivity index (χ0) is 13.2. The standard InChI is InChI=1S/C13H13N5O/c1-8-3-4-9(19-2)5-10(8)18-13-11-12(15-6-14-11)16-7-17-13/h3-7H,1-2H3,(H2,14,15,16,17,18). The number of anilines is 2. The number of nitrogens with one attached hydrogen (secondary N) is 2. The van der Waals surface area contributed by atoms with Gasteiger partial charge in [0.15, 0.2) is 17.0 Å². The molecule has 1 aromatic carbocycles. The van der Waals surface area contributed by atoms with Gasteiger partial charge in [0.2, 0.25) is 0 Å². The van der Waals surface area contributed by atoms with Crippen molar-refractivity contribution in [1.82, 2.24) is 19.9 Å². The fourth-order valence-corrected chi connectivity index (χ4v) is 1.85. The van der Waals surface area contributed by atoms with Gasteiger partial charge >= 0.3 is 0 Å². The van der Waals surface area contributed by atoms with E-state index in [0.717, 1.165) is 17.0 Å². The summed E-state index contributed by atoms with van der Waals surface area (Å²) in [6.45, 7) is 2.02. The van der Waals surface area contributed by atoms with Crippen LogP contribution in [0.1, 0.15) is 5.56 Å². The fourth-order valence-electron chi connectivity index (χ4n) is 1.85. The summed E-state index contributed by atoms with van der Waals surface area (Å²) in [5.74, 6) is 1.46. The van der Waals surface area contributed by atoms with E-state index in [9.17, 15) is 0 Å². The maximum Gasteiger partial charge on any atom is 0.162 e. The van der Waals surface area contributed by atoms with Gasteiger partial charge in [-0.3, -0.25) is 0 Å². The lowest BCUT2D eigenvalue weighted by atomic mass is 10.2. The van der Waals surface area contributed by atoms with Crippen LogP contribution in [0.15, 0.2) is 30.9 Å². The second-order valence-corrected chi connectivity index (χ2v) is 4.13. The van der Waals surface area contributed by atoms with Crippen molar-refractivity contribution in [1.29, 1.82) is 0 Å². The molecule has 0 unspecified atom stereocenters. The Labute approximate surface area is 109 Å². The predicted octanol–water partition coefficient (Wildman–Crippen LogP) is 2.41. The van der Waals surface area contributed by atoms with Crippen LogP contribution in [0.2, 0.25) is 0 Å². The van der Waals surface area contributed by atoms with E-state index in [1.807, 2.05) is 25.1 Å². The number of aryl methyl sites for hydroxylation is 1. The number of aromatic amines is 1. The number of nitrogens with zero attached hydrogens (tertiary/aromatic N) is 3. The molecule has 0 radical (unpaired) electrons. The van der Waals surface area contributed by atoms with Gasteiger partial charge in [-0.25, -0.2) is 15.0 Å². The molecular weight excluding hydrogens is 242 g/mol. The fraction of sp³-hybridized carbons (Fsp3) is 0.154. The Morgan fingerprint density at radius 2 is 2.11 bits per heavy atom. The van der Waals surface area contributed by atoms with Crippen LogP contribution in [0.4, 0.5) is 11.5 Å². The van der Waals surface area contributed by atoms with Gasteiger partial charge in [-0.15, -0.1) is 0 Å². The van der Waals surface area contributed by atoms with Crippen LogP contribution in [0, 0.1) is 6.92 Å². The first-order chi connectivity index (χ1) is 9.28. The van der Waals surface area contributed by atoms with Crippen LogP contribution in [-0.2, 0) is 0 Å². The van der Waals surface area contributed by atoms with E-state index in [4.69, 9.17) is 4.74 Å². The molecule has 0 spiro atoms. The summed E-state index contributed by atoms with van der Waals surface area (Å²) in [5, 5.41) is 3.26. The molecule has 0 bridgehead atoms. The minimum absolute atomic E-state index is 0.669. The van der Waals surface area contributed by atoms with Crippen molar-refractivity contribution in [2.45, 2.75) is 6.92 Å². The Morgan fingerprint density at radius 3 is 2.95 bits per heavy atom. The number of methoxy groups -OCH3 is 1. The van der Waals surface area contributed by atoms with E-state index in [1.165, 1.54) is 6.33 Å². The van der Waals surface area contributed by atoms with Crippen LogP contribution in [-0.4, -0.2) is 27.0 Å². The Bertz CT molecular complexity index is 722. The van der Waals surface area contributed by atoms with Gasteiger partial charge in [0, 0.05) is 11.8 Å². The number of benzene rings is 1. The first-order valence-corrected chi connectivity index (χ1v) is 5.83. The summed E-state index contributed by atoms with van der Waals surface area (Å²) < 4.78 is 5.23. The molecule has 0 aliphatic rings. The SMILES string of the molecule is COc1ccc(C)c(Nc2ncnc3[nH]cnc23)c1. The summed E-state index contributed by atoms with van der Waals surface area (Å²) in [4.78, 5) is 15.5. The molecule has 0 saturated carbocycles. The second-order valence-electron chi connectivity index (χ2n) is 4.13. The van der Waals surface area contributed by atoms with Gasteiger partial charge in [0.05, 0.1) is 13.4 Å². The topological polar surface area (TPSA) is 75.7 Å². The molecule has 2 N–H and O–H groups in total. The number of fused-ring (bicyclic) bond motifs is 1. The molecular formula is C13H13N5O. The van der Waals surface area contributed by atoms with E-state index in [-0.39, 0.29) is 0 Å². The highest BCUT2D eigenvalue weighted by Crippen LogP contribution is 2.26. The molecule has 3 aromatic rings. The quantitative estimate of drug-likeness (QED) is 0.751. The number of imidazole rings is 1. The van der Waals surface area contributed by atoms with E-state index < -0.39 is 0 Å². The number of hydrogen-bond acceptors (Lipinski definition) is 5. The van der Waals surface area contributed by atoms with Crippen molar-refractivity contribution in [3.05, 3.63) is 36.4 Å². The van der Waals surface area contributed by atoms with E-state index in [1.54, 1.807) is 13.4 Å². The number of ether oxygens (including phenoxy) is 1. The van der Waals surface area contributed by atoms with Gasteiger partial charge in [-0.1, -0.05) is 6.07 Å². The third-order valence-electron chi connectivity index (χ3n) is 2.92. The summed E-state index contributed by atoms with van der Waals surface area (Å²) in [6, 6.07) is 5.84. The van der Waals surface area contributed by atoms with Gasteiger partial charge in [-0.05, 0) is 18.6 Å². The molecule has 6 heteroatoms. The Morgan fingerprint density at radius 1 is 1.21 bits per heavy atom. The average molecular weight is 255 g/mol. The lowest BCUT2D eigenvalue weighted by Crippen LogP contribution is -1.98.